The van der Waals surface area contributed by atoms with Gasteiger partial charge in [-0.15, -0.1) is 0 Å². The van der Waals surface area contributed by atoms with Crippen LogP contribution < -0.4 is 10.1 Å². The van der Waals surface area contributed by atoms with E-state index in [-0.39, 0.29) is 18.1 Å². The SMILES string of the molecule is CCCOc1cccc(CNCc2ccc(C(=O)N3CC(C)OC(C)C3)cc2)c1. The molecule has 2 atom stereocenters. The number of rotatable bonds is 8. The summed E-state index contributed by atoms with van der Waals surface area (Å²) < 4.78 is 11.4. The predicted molar refractivity (Wildman–Crippen MR) is 115 cm³/mol. The van der Waals surface area contributed by atoms with Crippen LogP contribution in [-0.2, 0) is 17.8 Å². The van der Waals surface area contributed by atoms with E-state index in [1.54, 1.807) is 0 Å². The molecule has 1 N–H and O–H groups in total. The Bertz CT molecular complexity index is 781. The number of carbonyl (C=O) groups is 1. The Kier molecular flexibility index (Phi) is 7.67. The van der Waals surface area contributed by atoms with Crippen LogP contribution in [0.15, 0.2) is 48.5 Å². The number of morpholine rings is 1. The first-order valence-electron chi connectivity index (χ1n) is 10.5. The lowest BCUT2D eigenvalue weighted by molar-refractivity contribution is -0.0586. The van der Waals surface area contributed by atoms with Crippen molar-refractivity contribution in [2.75, 3.05) is 19.7 Å². The first-order valence-corrected chi connectivity index (χ1v) is 10.5. The number of hydrogen-bond acceptors (Lipinski definition) is 4. The van der Waals surface area contributed by atoms with Gasteiger partial charge >= 0.3 is 0 Å². The van der Waals surface area contributed by atoms with Crippen LogP contribution in [0, 0.1) is 0 Å². The summed E-state index contributed by atoms with van der Waals surface area (Å²) in [5.41, 5.74) is 3.08. The molecule has 3 rings (SSSR count). The zero-order valence-electron chi connectivity index (χ0n) is 17.7. The smallest absolute Gasteiger partial charge is 0.254 e. The fraction of sp³-hybridized carbons (Fsp3) is 0.458. The number of nitrogens with one attached hydrogen (secondary N) is 1. The Balaban J connectivity index is 1.50. The molecule has 1 aliphatic rings. The van der Waals surface area contributed by atoms with Gasteiger partial charge in [0, 0.05) is 31.7 Å². The Morgan fingerprint density at radius 3 is 2.45 bits per heavy atom. The molecular weight excluding hydrogens is 364 g/mol. The van der Waals surface area contributed by atoms with Gasteiger partial charge in [0.15, 0.2) is 0 Å². The second-order valence-corrected chi connectivity index (χ2v) is 7.76. The average Bonchev–Trinajstić information content (AvgIpc) is 2.72. The fourth-order valence-corrected chi connectivity index (χ4v) is 3.61. The van der Waals surface area contributed by atoms with E-state index >= 15 is 0 Å². The molecule has 156 valence electrons. The Hall–Kier alpha value is -2.37. The molecule has 29 heavy (non-hydrogen) atoms. The molecule has 0 saturated carbocycles. The molecule has 5 heteroatoms. The zero-order chi connectivity index (χ0) is 20.6. The van der Waals surface area contributed by atoms with Crippen LogP contribution in [0.1, 0.15) is 48.7 Å². The second-order valence-electron chi connectivity index (χ2n) is 7.76. The lowest BCUT2D eigenvalue weighted by atomic mass is 10.1. The highest BCUT2D eigenvalue weighted by Gasteiger charge is 2.26. The maximum absolute atomic E-state index is 12.8. The van der Waals surface area contributed by atoms with Gasteiger partial charge in [-0.25, -0.2) is 0 Å². The van der Waals surface area contributed by atoms with E-state index in [9.17, 15) is 4.79 Å². The number of carbonyl (C=O) groups excluding carboxylic acids is 1. The molecule has 0 aliphatic carbocycles. The molecular formula is C24H32N2O3. The van der Waals surface area contributed by atoms with Gasteiger partial charge in [0.2, 0.25) is 0 Å². The third kappa shape index (κ3) is 6.31. The molecule has 0 spiro atoms. The van der Waals surface area contributed by atoms with E-state index in [2.05, 4.69) is 24.4 Å². The summed E-state index contributed by atoms with van der Waals surface area (Å²) in [6.07, 6.45) is 1.17. The van der Waals surface area contributed by atoms with Crippen molar-refractivity contribution in [2.45, 2.75) is 52.5 Å². The molecule has 1 aliphatic heterocycles. The maximum Gasteiger partial charge on any atom is 0.254 e. The minimum absolute atomic E-state index is 0.0791. The van der Waals surface area contributed by atoms with Gasteiger partial charge < -0.3 is 19.7 Å². The molecule has 0 aromatic heterocycles. The summed E-state index contributed by atoms with van der Waals surface area (Å²) in [4.78, 5) is 14.6. The summed E-state index contributed by atoms with van der Waals surface area (Å²) >= 11 is 0. The molecule has 0 radical (unpaired) electrons. The van der Waals surface area contributed by atoms with Crippen molar-refractivity contribution in [3.05, 3.63) is 65.2 Å². The van der Waals surface area contributed by atoms with Crippen LogP contribution >= 0.6 is 0 Å². The summed E-state index contributed by atoms with van der Waals surface area (Å²) in [7, 11) is 0. The predicted octanol–water partition coefficient (Wildman–Crippen LogP) is 4.01. The highest BCUT2D eigenvalue weighted by atomic mass is 16.5. The van der Waals surface area contributed by atoms with Crippen molar-refractivity contribution < 1.29 is 14.3 Å². The number of hydrogen-bond donors (Lipinski definition) is 1. The lowest BCUT2D eigenvalue weighted by Gasteiger charge is -2.35. The minimum Gasteiger partial charge on any atom is -0.494 e. The number of amides is 1. The monoisotopic (exact) mass is 396 g/mol. The molecule has 2 aromatic rings. The van der Waals surface area contributed by atoms with Crippen LogP contribution in [0.5, 0.6) is 5.75 Å². The van der Waals surface area contributed by atoms with Gasteiger partial charge in [-0.05, 0) is 55.7 Å². The Morgan fingerprint density at radius 1 is 1.07 bits per heavy atom. The Morgan fingerprint density at radius 2 is 1.76 bits per heavy atom. The molecule has 2 unspecified atom stereocenters. The molecule has 1 amide bonds. The van der Waals surface area contributed by atoms with Gasteiger partial charge in [-0.2, -0.15) is 0 Å². The Labute approximate surface area is 174 Å². The molecule has 1 heterocycles. The molecule has 1 fully saturated rings. The van der Waals surface area contributed by atoms with Gasteiger partial charge in [-0.1, -0.05) is 31.2 Å². The van der Waals surface area contributed by atoms with Crippen molar-refractivity contribution in [1.82, 2.24) is 10.2 Å². The number of ether oxygens (including phenoxy) is 2. The third-order valence-corrected chi connectivity index (χ3v) is 4.94. The largest absolute Gasteiger partial charge is 0.494 e. The average molecular weight is 397 g/mol. The van der Waals surface area contributed by atoms with E-state index < -0.39 is 0 Å². The van der Waals surface area contributed by atoms with Crippen LogP contribution in [0.25, 0.3) is 0 Å². The van der Waals surface area contributed by atoms with Gasteiger partial charge in [0.25, 0.3) is 5.91 Å². The van der Waals surface area contributed by atoms with Crippen LogP contribution in [0.3, 0.4) is 0 Å². The normalized spacial score (nSPS) is 19.2. The minimum atomic E-state index is 0.0791. The topological polar surface area (TPSA) is 50.8 Å². The molecule has 2 aromatic carbocycles. The molecule has 1 saturated heterocycles. The lowest BCUT2D eigenvalue weighted by Crippen LogP contribution is -2.48. The summed E-state index contributed by atoms with van der Waals surface area (Å²) in [5.74, 6) is 0.996. The highest BCUT2D eigenvalue weighted by Crippen LogP contribution is 2.16. The summed E-state index contributed by atoms with van der Waals surface area (Å²) in [6.45, 7) is 9.68. The van der Waals surface area contributed by atoms with Crippen molar-refractivity contribution >= 4 is 5.91 Å². The molecule has 0 bridgehead atoms. The van der Waals surface area contributed by atoms with Gasteiger partial charge in [0.1, 0.15) is 5.75 Å². The van der Waals surface area contributed by atoms with Crippen molar-refractivity contribution in [3.63, 3.8) is 0 Å². The van der Waals surface area contributed by atoms with Crippen LogP contribution in [-0.4, -0.2) is 42.7 Å². The second kappa shape index (κ2) is 10.4. The first kappa shape index (κ1) is 21.3. The van der Waals surface area contributed by atoms with E-state index in [0.717, 1.165) is 43.0 Å². The number of benzene rings is 2. The maximum atomic E-state index is 12.8. The van der Waals surface area contributed by atoms with Gasteiger partial charge in [-0.3, -0.25) is 4.79 Å². The van der Waals surface area contributed by atoms with E-state index in [0.29, 0.717) is 13.1 Å². The van der Waals surface area contributed by atoms with E-state index in [1.807, 2.05) is 55.1 Å². The summed E-state index contributed by atoms with van der Waals surface area (Å²) in [6, 6.07) is 16.1. The fourth-order valence-electron chi connectivity index (χ4n) is 3.61. The van der Waals surface area contributed by atoms with Crippen LogP contribution in [0.2, 0.25) is 0 Å². The van der Waals surface area contributed by atoms with E-state index in [4.69, 9.17) is 9.47 Å². The first-order chi connectivity index (χ1) is 14.0. The van der Waals surface area contributed by atoms with Crippen molar-refractivity contribution in [1.29, 1.82) is 0 Å². The zero-order valence-corrected chi connectivity index (χ0v) is 17.7. The highest BCUT2D eigenvalue weighted by molar-refractivity contribution is 5.94. The van der Waals surface area contributed by atoms with Crippen molar-refractivity contribution in [2.24, 2.45) is 0 Å². The van der Waals surface area contributed by atoms with Crippen molar-refractivity contribution in [3.8, 4) is 5.75 Å². The number of nitrogens with zero attached hydrogens (tertiary/aromatic N) is 1. The van der Waals surface area contributed by atoms with Crippen LogP contribution in [0.4, 0.5) is 0 Å². The molecule has 5 nitrogen and oxygen atoms in total. The quantitative estimate of drug-likeness (QED) is 0.732. The van der Waals surface area contributed by atoms with E-state index in [1.165, 1.54) is 5.56 Å². The summed E-state index contributed by atoms with van der Waals surface area (Å²) in [5, 5.41) is 3.46. The standard InChI is InChI=1S/C24H32N2O3/c1-4-12-28-23-7-5-6-21(13-23)15-25-14-20-8-10-22(11-9-20)24(27)26-16-18(2)29-19(3)17-26/h5-11,13,18-19,25H,4,12,14-17H2,1-3H3. The third-order valence-electron chi connectivity index (χ3n) is 4.94. The van der Waals surface area contributed by atoms with Gasteiger partial charge in [0.05, 0.1) is 18.8 Å².